The van der Waals surface area contributed by atoms with Gasteiger partial charge in [0.25, 0.3) is 0 Å². The third-order valence-corrected chi connectivity index (χ3v) is 8.27. The molecule has 0 saturated heterocycles. The number of amides is 1. The van der Waals surface area contributed by atoms with E-state index in [4.69, 9.17) is 19.2 Å². The van der Waals surface area contributed by atoms with Crippen LogP contribution in [0.1, 0.15) is 29.3 Å². The number of thioether (sulfide) groups is 1. The number of thiophene rings is 1. The van der Waals surface area contributed by atoms with Crippen molar-refractivity contribution >= 4 is 50.9 Å². The SMILES string of the molecule is CCC(Sc1cc(C)c2ccccc2n1)C(=O)Nc1scc(-c2ccc3c(c2)OCCO3)c1C(=O)OC. The van der Waals surface area contributed by atoms with Crippen molar-refractivity contribution in [3.8, 4) is 22.6 Å². The highest BCUT2D eigenvalue weighted by Gasteiger charge is 2.26. The largest absolute Gasteiger partial charge is 0.486 e. The van der Waals surface area contributed by atoms with Crippen LogP contribution in [0.25, 0.3) is 22.0 Å². The predicted octanol–water partition coefficient (Wildman–Crippen LogP) is 6.34. The molecule has 0 bridgehead atoms. The summed E-state index contributed by atoms with van der Waals surface area (Å²) < 4.78 is 16.4. The number of ether oxygens (including phenoxy) is 3. The molecular weight excluding hydrogens is 508 g/mol. The fourth-order valence-electron chi connectivity index (χ4n) is 4.22. The molecule has 0 fully saturated rings. The maximum absolute atomic E-state index is 13.4. The van der Waals surface area contributed by atoms with Gasteiger partial charge in [-0.15, -0.1) is 11.3 Å². The third kappa shape index (κ3) is 5.14. The van der Waals surface area contributed by atoms with Crippen molar-refractivity contribution in [3.63, 3.8) is 0 Å². The number of nitrogens with one attached hydrogen (secondary N) is 1. The van der Waals surface area contributed by atoms with E-state index in [2.05, 4.69) is 5.32 Å². The molecule has 190 valence electrons. The highest BCUT2D eigenvalue weighted by Crippen LogP contribution is 2.41. The molecule has 0 radical (unpaired) electrons. The minimum Gasteiger partial charge on any atom is -0.486 e. The standard InChI is InChI=1S/C28H26N2O5S2/c1-4-23(37-24-13-16(2)18-7-5-6-8-20(18)29-24)26(31)30-27-25(28(32)33-3)19(15-36-27)17-9-10-21-22(14-17)35-12-11-34-21/h5-10,13-15,23H,4,11-12H2,1-3H3,(H,30,31). The number of methoxy groups -OCH3 is 1. The number of anilines is 1. The molecule has 1 aliphatic rings. The van der Waals surface area contributed by atoms with E-state index in [9.17, 15) is 9.59 Å². The summed E-state index contributed by atoms with van der Waals surface area (Å²) in [6.45, 7) is 4.97. The van der Waals surface area contributed by atoms with E-state index in [1.54, 1.807) is 0 Å². The molecule has 5 rings (SSSR count). The van der Waals surface area contributed by atoms with Crippen molar-refractivity contribution in [2.75, 3.05) is 25.6 Å². The maximum Gasteiger partial charge on any atom is 0.341 e. The van der Waals surface area contributed by atoms with Crippen LogP contribution in [-0.4, -0.2) is 42.4 Å². The van der Waals surface area contributed by atoms with E-state index in [-0.39, 0.29) is 5.91 Å². The van der Waals surface area contributed by atoms with E-state index in [0.29, 0.717) is 47.3 Å². The number of aryl methyl sites for hydroxylation is 1. The fourth-order valence-corrected chi connectivity index (χ4v) is 6.20. The number of nitrogens with zero attached hydrogens (tertiary/aromatic N) is 1. The number of hydrogen-bond acceptors (Lipinski definition) is 8. The minimum atomic E-state index is -0.519. The minimum absolute atomic E-state index is 0.194. The monoisotopic (exact) mass is 534 g/mol. The zero-order valence-corrected chi connectivity index (χ0v) is 22.3. The molecule has 1 N–H and O–H groups in total. The van der Waals surface area contributed by atoms with Crippen LogP contribution in [-0.2, 0) is 9.53 Å². The summed E-state index contributed by atoms with van der Waals surface area (Å²) in [5, 5.41) is 6.76. The first-order chi connectivity index (χ1) is 18.0. The van der Waals surface area contributed by atoms with Crippen LogP contribution in [0, 0.1) is 6.92 Å². The van der Waals surface area contributed by atoms with E-state index in [1.807, 2.05) is 67.8 Å². The van der Waals surface area contributed by atoms with Gasteiger partial charge in [0.2, 0.25) is 5.91 Å². The number of carbonyl (C=O) groups excluding carboxylic acids is 2. The molecule has 0 aliphatic carbocycles. The van der Waals surface area contributed by atoms with Crippen LogP contribution in [0.15, 0.2) is 58.9 Å². The number of pyridine rings is 1. The smallest absolute Gasteiger partial charge is 0.341 e. The molecule has 4 aromatic rings. The molecule has 2 aromatic heterocycles. The molecule has 37 heavy (non-hydrogen) atoms. The average molecular weight is 535 g/mol. The van der Waals surface area contributed by atoms with Crippen LogP contribution >= 0.6 is 23.1 Å². The van der Waals surface area contributed by atoms with E-state index >= 15 is 0 Å². The second kappa shape index (κ2) is 10.8. The summed E-state index contributed by atoms with van der Waals surface area (Å²) in [6, 6.07) is 15.5. The molecule has 0 spiro atoms. The molecule has 1 amide bonds. The van der Waals surface area contributed by atoms with E-state index in [0.717, 1.165) is 27.1 Å². The fraction of sp³-hybridized carbons (Fsp3) is 0.250. The van der Waals surface area contributed by atoms with Crippen LogP contribution in [0.3, 0.4) is 0 Å². The Labute approximate surface area is 223 Å². The van der Waals surface area contributed by atoms with Crippen molar-refractivity contribution in [3.05, 3.63) is 65.0 Å². The van der Waals surface area contributed by atoms with Crippen LogP contribution in [0.2, 0.25) is 0 Å². The number of hydrogen-bond donors (Lipinski definition) is 1. The third-order valence-electron chi connectivity index (χ3n) is 6.10. The lowest BCUT2D eigenvalue weighted by Crippen LogP contribution is -2.25. The summed E-state index contributed by atoms with van der Waals surface area (Å²) in [4.78, 5) is 30.9. The Kier molecular flexibility index (Phi) is 7.34. The van der Waals surface area contributed by atoms with E-state index in [1.165, 1.54) is 30.2 Å². The van der Waals surface area contributed by atoms with Crippen LogP contribution < -0.4 is 14.8 Å². The van der Waals surface area contributed by atoms with Gasteiger partial charge in [0.15, 0.2) is 11.5 Å². The molecule has 0 saturated carbocycles. The number of fused-ring (bicyclic) bond motifs is 2. The molecule has 7 nitrogen and oxygen atoms in total. The average Bonchev–Trinajstić information content (AvgIpc) is 3.34. The van der Waals surface area contributed by atoms with Gasteiger partial charge in [-0.2, -0.15) is 0 Å². The normalized spacial score (nSPS) is 13.3. The Morgan fingerprint density at radius 2 is 1.92 bits per heavy atom. The summed E-state index contributed by atoms with van der Waals surface area (Å²) >= 11 is 2.71. The molecule has 1 aliphatic heterocycles. The van der Waals surface area contributed by atoms with Crippen molar-refractivity contribution in [2.45, 2.75) is 30.5 Å². The van der Waals surface area contributed by atoms with Crippen molar-refractivity contribution < 1.29 is 23.8 Å². The Balaban J connectivity index is 1.41. The Morgan fingerprint density at radius 1 is 1.14 bits per heavy atom. The molecule has 2 aromatic carbocycles. The first-order valence-corrected chi connectivity index (χ1v) is 13.7. The number of carbonyl (C=O) groups is 2. The van der Waals surface area contributed by atoms with Gasteiger partial charge in [-0.1, -0.05) is 43.0 Å². The number of esters is 1. The summed E-state index contributed by atoms with van der Waals surface area (Å²) in [7, 11) is 1.33. The molecular formula is C28H26N2O5S2. The van der Waals surface area contributed by atoms with Gasteiger partial charge >= 0.3 is 5.97 Å². The van der Waals surface area contributed by atoms with Crippen LogP contribution in [0.5, 0.6) is 11.5 Å². The number of rotatable bonds is 7. The van der Waals surface area contributed by atoms with Crippen molar-refractivity contribution in [1.82, 2.24) is 4.98 Å². The summed E-state index contributed by atoms with van der Waals surface area (Å²) in [6.07, 6.45) is 0.595. The van der Waals surface area contributed by atoms with Gasteiger partial charge in [-0.3, -0.25) is 4.79 Å². The molecule has 9 heteroatoms. The lowest BCUT2D eigenvalue weighted by Gasteiger charge is -2.19. The topological polar surface area (TPSA) is 86.8 Å². The Morgan fingerprint density at radius 3 is 2.70 bits per heavy atom. The van der Waals surface area contributed by atoms with Crippen LogP contribution in [0.4, 0.5) is 5.00 Å². The van der Waals surface area contributed by atoms with Gasteiger partial charge in [0.1, 0.15) is 23.8 Å². The lowest BCUT2D eigenvalue weighted by atomic mass is 10.0. The quantitative estimate of drug-likeness (QED) is 0.219. The molecule has 1 atom stereocenters. The maximum atomic E-state index is 13.4. The zero-order valence-electron chi connectivity index (χ0n) is 20.7. The van der Waals surface area contributed by atoms with Gasteiger partial charge < -0.3 is 19.5 Å². The molecule has 1 unspecified atom stereocenters. The Bertz CT molecular complexity index is 1480. The second-order valence-corrected chi connectivity index (χ2v) is 10.6. The first kappa shape index (κ1) is 25.1. The number of para-hydroxylation sites is 1. The van der Waals surface area contributed by atoms with Gasteiger partial charge in [0, 0.05) is 16.3 Å². The number of benzene rings is 2. The zero-order chi connectivity index (χ0) is 25.9. The second-order valence-electron chi connectivity index (χ2n) is 8.50. The summed E-state index contributed by atoms with van der Waals surface area (Å²) in [5.74, 6) is 0.575. The predicted molar refractivity (Wildman–Crippen MR) is 147 cm³/mol. The van der Waals surface area contributed by atoms with Crippen molar-refractivity contribution in [2.24, 2.45) is 0 Å². The number of aromatic nitrogens is 1. The highest BCUT2D eigenvalue weighted by atomic mass is 32.2. The van der Waals surface area contributed by atoms with Gasteiger partial charge in [0.05, 0.1) is 22.9 Å². The van der Waals surface area contributed by atoms with E-state index < -0.39 is 11.2 Å². The van der Waals surface area contributed by atoms with Gasteiger partial charge in [-0.05, 0) is 48.7 Å². The Hall–Kier alpha value is -3.56. The van der Waals surface area contributed by atoms with Crippen molar-refractivity contribution in [1.29, 1.82) is 0 Å². The van der Waals surface area contributed by atoms with Gasteiger partial charge in [-0.25, -0.2) is 9.78 Å². The molecule has 3 heterocycles. The summed E-state index contributed by atoms with van der Waals surface area (Å²) in [5.41, 5.74) is 3.77. The first-order valence-electron chi connectivity index (χ1n) is 11.9. The highest BCUT2D eigenvalue weighted by molar-refractivity contribution is 8.00. The lowest BCUT2D eigenvalue weighted by molar-refractivity contribution is -0.115.